The highest BCUT2D eigenvalue weighted by Crippen LogP contribution is 2.21. The molecule has 0 heterocycles. The molecule has 0 saturated carbocycles. The van der Waals surface area contributed by atoms with Crippen LogP contribution in [0, 0.1) is 17.2 Å². The van der Waals surface area contributed by atoms with E-state index in [1.54, 1.807) is 0 Å². The van der Waals surface area contributed by atoms with Crippen LogP contribution in [0.5, 0.6) is 0 Å². The molecule has 92 valence electrons. The van der Waals surface area contributed by atoms with Crippen LogP contribution in [0.3, 0.4) is 0 Å². The predicted molar refractivity (Wildman–Crippen MR) is 71.3 cm³/mol. The lowest BCUT2D eigenvalue weighted by Gasteiger charge is -2.29. The van der Waals surface area contributed by atoms with E-state index in [-0.39, 0.29) is 5.92 Å². The topological polar surface area (TPSA) is 53.0 Å². The Hall–Kier alpha value is -1.53. The first-order chi connectivity index (χ1) is 8.08. The second-order valence-corrected chi connectivity index (χ2v) is 4.46. The molecule has 1 aromatic rings. The van der Waals surface area contributed by atoms with Gasteiger partial charge >= 0.3 is 0 Å². The van der Waals surface area contributed by atoms with Crippen LogP contribution in [0.25, 0.3) is 0 Å². The number of nitrogens with zero attached hydrogens (tertiary/aromatic N) is 2. The lowest BCUT2D eigenvalue weighted by molar-refractivity contribution is 0.207. The number of hydrogen-bond acceptors (Lipinski definition) is 3. The molecule has 3 heteroatoms. The average molecular weight is 231 g/mol. The van der Waals surface area contributed by atoms with Gasteiger partial charge in [0.05, 0.1) is 12.0 Å². The molecule has 0 fully saturated rings. The van der Waals surface area contributed by atoms with Crippen LogP contribution in [0.4, 0.5) is 5.69 Å². The second kappa shape index (κ2) is 6.27. The average Bonchev–Trinajstić information content (AvgIpc) is 2.35. The van der Waals surface area contributed by atoms with E-state index in [0.29, 0.717) is 6.04 Å². The maximum absolute atomic E-state index is 8.87. The maximum Gasteiger partial charge on any atom is 0.0666 e. The lowest BCUT2D eigenvalue weighted by Crippen LogP contribution is -2.30. The van der Waals surface area contributed by atoms with Crippen molar-refractivity contribution in [2.75, 3.05) is 18.8 Å². The van der Waals surface area contributed by atoms with Crippen molar-refractivity contribution in [2.24, 2.45) is 5.92 Å². The molecule has 0 saturated heterocycles. The zero-order valence-electron chi connectivity index (χ0n) is 10.9. The summed E-state index contributed by atoms with van der Waals surface area (Å²) >= 11 is 0. The number of anilines is 1. The highest BCUT2D eigenvalue weighted by molar-refractivity contribution is 5.40. The molecule has 1 aromatic carbocycles. The first-order valence-corrected chi connectivity index (χ1v) is 6.07. The summed E-state index contributed by atoms with van der Waals surface area (Å²) in [6, 6.07) is 10.6. The van der Waals surface area contributed by atoms with Crippen molar-refractivity contribution in [3.05, 3.63) is 29.8 Å². The van der Waals surface area contributed by atoms with Crippen LogP contribution in [0.1, 0.15) is 32.4 Å². The number of benzene rings is 1. The Balaban J connectivity index is 2.75. The number of nitrogens with two attached hydrogens (primary N) is 1. The predicted octanol–water partition coefficient (Wildman–Crippen LogP) is 2.81. The third-order valence-electron chi connectivity index (χ3n) is 3.10. The fourth-order valence-electron chi connectivity index (χ4n) is 1.94. The minimum Gasteiger partial charge on any atom is -0.399 e. The molecule has 0 aliphatic rings. The van der Waals surface area contributed by atoms with Crippen molar-refractivity contribution in [3.63, 3.8) is 0 Å². The Morgan fingerprint density at radius 3 is 2.35 bits per heavy atom. The summed E-state index contributed by atoms with van der Waals surface area (Å²) in [4.78, 5) is 2.30. The van der Waals surface area contributed by atoms with E-state index in [2.05, 4.69) is 36.9 Å². The van der Waals surface area contributed by atoms with Crippen LogP contribution < -0.4 is 5.73 Å². The molecule has 0 spiro atoms. The van der Waals surface area contributed by atoms with Gasteiger partial charge in [-0.2, -0.15) is 5.26 Å². The Morgan fingerprint density at radius 2 is 1.88 bits per heavy atom. The van der Waals surface area contributed by atoms with Gasteiger partial charge in [-0.05, 0) is 38.1 Å². The fraction of sp³-hybridized carbons (Fsp3) is 0.500. The van der Waals surface area contributed by atoms with Gasteiger partial charge in [0, 0.05) is 18.3 Å². The van der Waals surface area contributed by atoms with E-state index < -0.39 is 0 Å². The number of nitriles is 1. The van der Waals surface area contributed by atoms with Gasteiger partial charge in [0.15, 0.2) is 0 Å². The highest BCUT2D eigenvalue weighted by atomic mass is 15.1. The monoisotopic (exact) mass is 231 g/mol. The summed E-state index contributed by atoms with van der Waals surface area (Å²) in [6.07, 6.45) is 0. The van der Waals surface area contributed by atoms with Crippen LogP contribution in [0.15, 0.2) is 24.3 Å². The Morgan fingerprint density at radius 1 is 1.29 bits per heavy atom. The molecular weight excluding hydrogens is 210 g/mol. The lowest BCUT2D eigenvalue weighted by atomic mass is 10.0. The summed E-state index contributed by atoms with van der Waals surface area (Å²) in [5.41, 5.74) is 7.71. The Kier molecular flexibility index (Phi) is 4.99. The van der Waals surface area contributed by atoms with E-state index in [9.17, 15) is 0 Å². The van der Waals surface area contributed by atoms with Crippen molar-refractivity contribution < 1.29 is 0 Å². The molecule has 0 amide bonds. The van der Waals surface area contributed by atoms with Crippen LogP contribution in [-0.4, -0.2) is 18.0 Å². The molecule has 0 bridgehead atoms. The van der Waals surface area contributed by atoms with Gasteiger partial charge in [0.1, 0.15) is 0 Å². The van der Waals surface area contributed by atoms with Gasteiger partial charge in [-0.15, -0.1) is 0 Å². The van der Waals surface area contributed by atoms with Gasteiger partial charge in [-0.25, -0.2) is 0 Å². The van der Waals surface area contributed by atoms with Crippen LogP contribution in [0.2, 0.25) is 0 Å². The van der Waals surface area contributed by atoms with E-state index in [1.807, 2.05) is 19.1 Å². The molecule has 0 radical (unpaired) electrons. The molecule has 3 nitrogen and oxygen atoms in total. The molecule has 2 atom stereocenters. The van der Waals surface area contributed by atoms with Crippen LogP contribution >= 0.6 is 0 Å². The van der Waals surface area contributed by atoms with E-state index in [1.165, 1.54) is 5.56 Å². The Bertz CT molecular complexity index is 377. The second-order valence-electron chi connectivity index (χ2n) is 4.46. The molecule has 2 unspecified atom stereocenters. The third-order valence-corrected chi connectivity index (χ3v) is 3.10. The SMILES string of the molecule is CCN(CC(C)C#N)C(C)c1ccc(N)cc1. The normalized spacial score (nSPS) is 14.3. The van der Waals surface area contributed by atoms with Crippen molar-refractivity contribution in [2.45, 2.75) is 26.8 Å². The fourth-order valence-corrected chi connectivity index (χ4v) is 1.94. The number of rotatable bonds is 5. The van der Waals surface area contributed by atoms with Crippen molar-refractivity contribution in [1.29, 1.82) is 5.26 Å². The molecule has 0 aliphatic carbocycles. The Labute approximate surface area is 104 Å². The summed E-state index contributed by atoms with van der Waals surface area (Å²) in [5.74, 6) is 0.0613. The maximum atomic E-state index is 8.87. The molecule has 17 heavy (non-hydrogen) atoms. The van der Waals surface area contributed by atoms with Gasteiger partial charge in [-0.1, -0.05) is 19.1 Å². The molecule has 2 N–H and O–H groups in total. The summed E-state index contributed by atoms with van der Waals surface area (Å²) in [6.45, 7) is 7.99. The van der Waals surface area contributed by atoms with Gasteiger partial charge in [-0.3, -0.25) is 4.90 Å². The van der Waals surface area contributed by atoms with Gasteiger partial charge in [0.2, 0.25) is 0 Å². The zero-order chi connectivity index (χ0) is 12.8. The van der Waals surface area contributed by atoms with E-state index in [4.69, 9.17) is 11.0 Å². The standard InChI is InChI=1S/C14H21N3/c1-4-17(10-11(2)9-15)12(3)13-5-7-14(16)8-6-13/h5-8,11-12H,4,10,16H2,1-3H3. The summed E-state index contributed by atoms with van der Waals surface area (Å²) < 4.78 is 0. The van der Waals surface area contributed by atoms with Gasteiger partial charge < -0.3 is 5.73 Å². The first-order valence-electron chi connectivity index (χ1n) is 6.07. The smallest absolute Gasteiger partial charge is 0.0666 e. The number of nitrogen functional groups attached to an aromatic ring is 1. The zero-order valence-corrected chi connectivity index (χ0v) is 10.9. The molecule has 0 aromatic heterocycles. The van der Waals surface area contributed by atoms with Crippen LogP contribution in [-0.2, 0) is 0 Å². The van der Waals surface area contributed by atoms with Crippen molar-refractivity contribution in [1.82, 2.24) is 4.90 Å². The third kappa shape index (κ3) is 3.76. The minimum atomic E-state index is 0.0613. The van der Waals surface area contributed by atoms with Gasteiger partial charge in [0.25, 0.3) is 0 Å². The molecular formula is C14H21N3. The molecule has 0 aliphatic heterocycles. The first kappa shape index (κ1) is 13.5. The quantitative estimate of drug-likeness (QED) is 0.793. The highest BCUT2D eigenvalue weighted by Gasteiger charge is 2.16. The largest absolute Gasteiger partial charge is 0.399 e. The minimum absolute atomic E-state index is 0.0613. The van der Waals surface area contributed by atoms with E-state index >= 15 is 0 Å². The molecule has 1 rings (SSSR count). The number of hydrogen-bond donors (Lipinski definition) is 1. The summed E-state index contributed by atoms with van der Waals surface area (Å²) in [5, 5.41) is 8.87. The summed E-state index contributed by atoms with van der Waals surface area (Å²) in [7, 11) is 0. The van der Waals surface area contributed by atoms with Crippen molar-refractivity contribution in [3.8, 4) is 6.07 Å². The van der Waals surface area contributed by atoms with Crippen molar-refractivity contribution >= 4 is 5.69 Å². The van der Waals surface area contributed by atoms with E-state index in [0.717, 1.165) is 18.8 Å².